The summed E-state index contributed by atoms with van der Waals surface area (Å²) in [6, 6.07) is 2.79. The van der Waals surface area contributed by atoms with Crippen molar-refractivity contribution < 1.29 is 4.39 Å². The molecule has 1 rings (SSSR count). The molecule has 6 N–H and O–H groups in total. The summed E-state index contributed by atoms with van der Waals surface area (Å²) >= 11 is 8.75. The monoisotopic (exact) mass is 307 g/mol. The number of nitrogens with two attached hydrogens (primary N) is 3. The molecule has 0 aliphatic carbocycles. The van der Waals surface area contributed by atoms with Crippen LogP contribution in [0.1, 0.15) is 0 Å². The lowest BCUT2D eigenvalue weighted by Crippen LogP contribution is -2.26. The van der Waals surface area contributed by atoms with Crippen LogP contribution in [-0.2, 0) is 0 Å². The molecule has 16 heavy (non-hydrogen) atoms. The largest absolute Gasteiger partial charge is 0.370 e. The molecule has 0 heterocycles. The molecule has 0 aromatic heterocycles. The fraction of sp³-hybridized carbons (Fsp3) is 0. The standard InChI is InChI=1S/C8H8BrClFN5/c9-3-1-4(10)6(11)5(2-3)15-8(14)16-7(12)13/h1-2H,(H6,12,13,14,15,16). The van der Waals surface area contributed by atoms with Crippen molar-refractivity contribution in [2.24, 2.45) is 27.2 Å². The van der Waals surface area contributed by atoms with Gasteiger partial charge in [0.05, 0.1) is 5.02 Å². The molecule has 0 radical (unpaired) electrons. The number of aliphatic imine (C=N–C) groups is 2. The van der Waals surface area contributed by atoms with Crippen LogP contribution < -0.4 is 17.2 Å². The molecule has 0 unspecified atom stereocenters. The van der Waals surface area contributed by atoms with Crippen molar-refractivity contribution in [3.8, 4) is 0 Å². The summed E-state index contributed by atoms with van der Waals surface area (Å²) in [5.74, 6) is -1.21. The SMILES string of the molecule is NC(N)=NC(N)=Nc1cc(Br)cc(Cl)c1F. The summed E-state index contributed by atoms with van der Waals surface area (Å²) in [6.45, 7) is 0. The van der Waals surface area contributed by atoms with Gasteiger partial charge < -0.3 is 17.2 Å². The lowest BCUT2D eigenvalue weighted by atomic mass is 10.3. The molecule has 0 amide bonds. The molecule has 1 aromatic rings. The average Bonchev–Trinajstić information content (AvgIpc) is 2.11. The molecule has 0 atom stereocenters. The van der Waals surface area contributed by atoms with Gasteiger partial charge in [-0.2, -0.15) is 4.99 Å². The quantitative estimate of drug-likeness (QED) is 0.416. The molecular weight excluding hydrogens is 300 g/mol. The van der Waals surface area contributed by atoms with Gasteiger partial charge in [0.2, 0.25) is 5.96 Å². The van der Waals surface area contributed by atoms with E-state index < -0.39 is 5.82 Å². The summed E-state index contributed by atoms with van der Waals surface area (Å²) < 4.78 is 14.0. The van der Waals surface area contributed by atoms with Crippen LogP contribution >= 0.6 is 27.5 Å². The Kier molecular flexibility index (Phi) is 4.08. The van der Waals surface area contributed by atoms with E-state index in [1.807, 2.05) is 0 Å². The lowest BCUT2D eigenvalue weighted by molar-refractivity contribution is 0.630. The Morgan fingerprint density at radius 2 is 1.94 bits per heavy atom. The fourth-order valence-corrected chi connectivity index (χ4v) is 1.70. The van der Waals surface area contributed by atoms with E-state index in [0.29, 0.717) is 4.47 Å². The second kappa shape index (κ2) is 5.13. The third kappa shape index (κ3) is 3.35. The average molecular weight is 309 g/mol. The molecular formula is C8H8BrClFN5. The van der Waals surface area contributed by atoms with Crippen molar-refractivity contribution in [2.45, 2.75) is 0 Å². The summed E-state index contributed by atoms with van der Waals surface area (Å²) in [5.41, 5.74) is 15.5. The Labute approximate surface area is 104 Å². The molecule has 0 bridgehead atoms. The first-order valence-corrected chi connectivity index (χ1v) is 5.15. The zero-order chi connectivity index (χ0) is 12.3. The van der Waals surface area contributed by atoms with E-state index in [9.17, 15) is 4.39 Å². The van der Waals surface area contributed by atoms with Gasteiger partial charge in [-0.05, 0) is 12.1 Å². The van der Waals surface area contributed by atoms with E-state index in [1.165, 1.54) is 12.1 Å². The molecule has 0 aliphatic heterocycles. The Morgan fingerprint density at radius 3 is 2.50 bits per heavy atom. The summed E-state index contributed by atoms with van der Waals surface area (Å²) in [7, 11) is 0. The molecule has 86 valence electrons. The molecule has 0 aliphatic rings. The van der Waals surface area contributed by atoms with Crippen LogP contribution in [0.5, 0.6) is 0 Å². The summed E-state index contributed by atoms with van der Waals surface area (Å²) in [4.78, 5) is 7.13. The third-order valence-corrected chi connectivity index (χ3v) is 2.19. The van der Waals surface area contributed by atoms with Crippen molar-refractivity contribution in [3.63, 3.8) is 0 Å². The first-order chi connectivity index (χ1) is 7.40. The number of nitrogens with zero attached hydrogens (tertiary/aromatic N) is 2. The molecule has 8 heteroatoms. The van der Waals surface area contributed by atoms with Crippen LogP contribution in [-0.4, -0.2) is 11.9 Å². The highest BCUT2D eigenvalue weighted by Gasteiger charge is 2.08. The maximum atomic E-state index is 13.5. The second-order valence-electron chi connectivity index (χ2n) is 2.73. The van der Waals surface area contributed by atoms with Gasteiger partial charge in [0.15, 0.2) is 11.8 Å². The van der Waals surface area contributed by atoms with Gasteiger partial charge in [-0.3, -0.25) is 0 Å². The van der Waals surface area contributed by atoms with Crippen molar-refractivity contribution in [1.82, 2.24) is 0 Å². The van der Waals surface area contributed by atoms with Crippen molar-refractivity contribution >= 4 is 45.1 Å². The minimum absolute atomic E-state index is 0.0538. The van der Waals surface area contributed by atoms with Crippen LogP contribution in [0.25, 0.3) is 0 Å². The van der Waals surface area contributed by atoms with Gasteiger partial charge in [0, 0.05) is 4.47 Å². The fourth-order valence-electron chi connectivity index (χ4n) is 0.904. The van der Waals surface area contributed by atoms with Gasteiger partial charge >= 0.3 is 0 Å². The summed E-state index contributed by atoms with van der Waals surface area (Å²) in [6.07, 6.45) is 0. The Balaban J connectivity index is 3.20. The Morgan fingerprint density at radius 1 is 1.31 bits per heavy atom. The number of rotatable bonds is 1. The lowest BCUT2D eigenvalue weighted by Gasteiger charge is -2.01. The minimum Gasteiger partial charge on any atom is -0.370 e. The number of halogens is 3. The van der Waals surface area contributed by atoms with Crippen LogP contribution in [0, 0.1) is 5.82 Å². The molecule has 5 nitrogen and oxygen atoms in total. The van der Waals surface area contributed by atoms with Crippen molar-refractivity contribution in [2.75, 3.05) is 0 Å². The number of benzene rings is 1. The van der Waals surface area contributed by atoms with Gasteiger partial charge in [0.1, 0.15) is 5.69 Å². The number of hydrogen-bond acceptors (Lipinski definition) is 1. The summed E-state index contributed by atoms with van der Waals surface area (Å²) in [5, 5.41) is -0.0781. The highest BCUT2D eigenvalue weighted by molar-refractivity contribution is 9.10. The minimum atomic E-state index is -0.696. The van der Waals surface area contributed by atoms with Crippen LogP contribution in [0.4, 0.5) is 10.1 Å². The molecule has 0 saturated carbocycles. The molecule has 0 saturated heterocycles. The maximum Gasteiger partial charge on any atom is 0.223 e. The van der Waals surface area contributed by atoms with Crippen molar-refractivity contribution in [3.05, 3.63) is 27.4 Å². The smallest absolute Gasteiger partial charge is 0.223 e. The highest BCUT2D eigenvalue weighted by atomic mass is 79.9. The zero-order valence-corrected chi connectivity index (χ0v) is 10.3. The van der Waals surface area contributed by atoms with E-state index in [0.717, 1.165) is 0 Å². The van der Waals surface area contributed by atoms with Crippen LogP contribution in [0.2, 0.25) is 5.02 Å². The van der Waals surface area contributed by atoms with Gasteiger partial charge in [-0.15, -0.1) is 0 Å². The normalized spacial score (nSPS) is 11.3. The van der Waals surface area contributed by atoms with E-state index in [2.05, 4.69) is 25.9 Å². The zero-order valence-electron chi connectivity index (χ0n) is 7.92. The molecule has 1 aromatic carbocycles. The number of hydrogen-bond donors (Lipinski definition) is 3. The van der Waals surface area contributed by atoms with Crippen LogP contribution in [0.15, 0.2) is 26.6 Å². The predicted octanol–water partition coefficient (Wildman–Crippen LogP) is 1.46. The second-order valence-corrected chi connectivity index (χ2v) is 4.05. The predicted molar refractivity (Wildman–Crippen MR) is 66.2 cm³/mol. The first kappa shape index (κ1) is 12.7. The van der Waals surface area contributed by atoms with Crippen LogP contribution in [0.3, 0.4) is 0 Å². The van der Waals surface area contributed by atoms with Gasteiger partial charge in [-0.1, -0.05) is 27.5 Å². The van der Waals surface area contributed by atoms with E-state index in [1.54, 1.807) is 0 Å². The Hall–Kier alpha value is -1.34. The number of guanidine groups is 2. The Bertz CT molecular complexity index is 470. The van der Waals surface area contributed by atoms with Crippen molar-refractivity contribution in [1.29, 1.82) is 0 Å². The molecule has 0 spiro atoms. The first-order valence-electron chi connectivity index (χ1n) is 3.98. The van der Waals surface area contributed by atoms with Gasteiger partial charge in [-0.25, -0.2) is 9.38 Å². The maximum absolute atomic E-state index is 13.5. The van der Waals surface area contributed by atoms with E-state index in [4.69, 9.17) is 28.8 Å². The molecule has 0 fully saturated rings. The topological polar surface area (TPSA) is 103 Å². The third-order valence-electron chi connectivity index (χ3n) is 1.45. The van der Waals surface area contributed by atoms with Gasteiger partial charge in [0.25, 0.3) is 0 Å². The van der Waals surface area contributed by atoms with E-state index in [-0.39, 0.29) is 22.6 Å². The van der Waals surface area contributed by atoms with E-state index >= 15 is 0 Å². The highest BCUT2D eigenvalue weighted by Crippen LogP contribution is 2.29.